The second kappa shape index (κ2) is 5.05. The van der Waals surface area contributed by atoms with Crippen molar-refractivity contribution in [2.24, 2.45) is 0 Å². The summed E-state index contributed by atoms with van der Waals surface area (Å²) in [7, 11) is 0. The molecule has 0 radical (unpaired) electrons. The summed E-state index contributed by atoms with van der Waals surface area (Å²) in [5, 5.41) is 2.63. The zero-order chi connectivity index (χ0) is 16.1. The van der Waals surface area contributed by atoms with Gasteiger partial charge in [-0.3, -0.25) is 4.79 Å². The van der Waals surface area contributed by atoms with Gasteiger partial charge in [-0.15, -0.1) is 11.3 Å². The number of rotatable bonds is 1. The van der Waals surface area contributed by atoms with Crippen LogP contribution in [-0.2, 0) is 0 Å². The van der Waals surface area contributed by atoms with Gasteiger partial charge in [-0.25, -0.2) is 0 Å². The Bertz CT molecular complexity index is 1270. The molecule has 114 valence electrons. The molecule has 0 bridgehead atoms. The zero-order valence-corrected chi connectivity index (χ0v) is 13.6. The molecule has 0 aliphatic heterocycles. The molecule has 0 saturated carbocycles. The lowest BCUT2D eigenvalue weighted by atomic mass is 10.1. The standard InChI is InChI=1S/C21H13NOS/c23-20-16-11-5-7-13-18(16)24-21-19(20)15-10-4-6-12-17(15)22(21)14-8-2-1-3-9-14/h1-13H. The quantitative estimate of drug-likeness (QED) is 0.406. The fourth-order valence-electron chi connectivity index (χ4n) is 3.35. The Balaban J connectivity index is 2.10. The van der Waals surface area contributed by atoms with Crippen LogP contribution in [0.5, 0.6) is 0 Å². The van der Waals surface area contributed by atoms with E-state index in [0.717, 1.165) is 36.9 Å². The van der Waals surface area contributed by atoms with Gasteiger partial charge in [0.1, 0.15) is 4.83 Å². The molecule has 2 aromatic heterocycles. The van der Waals surface area contributed by atoms with Crippen LogP contribution < -0.4 is 5.43 Å². The first-order valence-corrected chi connectivity index (χ1v) is 8.67. The van der Waals surface area contributed by atoms with Crippen molar-refractivity contribution in [2.45, 2.75) is 0 Å². The number of hydrogen-bond donors (Lipinski definition) is 0. The first-order chi connectivity index (χ1) is 11.8. The SMILES string of the molecule is O=c1c2ccccc2sc2c1c1ccccc1n2-c1ccccc1. The second-order valence-corrected chi connectivity index (χ2v) is 6.83. The minimum absolute atomic E-state index is 0.116. The van der Waals surface area contributed by atoms with Gasteiger partial charge in [0, 0.05) is 21.2 Å². The van der Waals surface area contributed by atoms with Crippen molar-refractivity contribution < 1.29 is 0 Å². The average molecular weight is 327 g/mol. The van der Waals surface area contributed by atoms with Crippen LogP contribution in [0.1, 0.15) is 0 Å². The van der Waals surface area contributed by atoms with Gasteiger partial charge in [0.05, 0.1) is 10.9 Å². The lowest BCUT2D eigenvalue weighted by molar-refractivity contribution is 1.19. The fourth-order valence-corrected chi connectivity index (χ4v) is 4.57. The molecule has 24 heavy (non-hydrogen) atoms. The molecule has 0 aliphatic carbocycles. The summed E-state index contributed by atoms with van der Waals surface area (Å²) in [6.45, 7) is 0. The molecule has 3 aromatic carbocycles. The van der Waals surface area contributed by atoms with Crippen molar-refractivity contribution in [2.75, 3.05) is 0 Å². The van der Waals surface area contributed by atoms with Crippen LogP contribution in [0, 0.1) is 0 Å². The van der Waals surface area contributed by atoms with E-state index in [2.05, 4.69) is 22.8 Å². The van der Waals surface area contributed by atoms with Crippen LogP contribution in [0.15, 0.2) is 83.7 Å². The van der Waals surface area contributed by atoms with E-state index < -0.39 is 0 Å². The second-order valence-electron chi connectivity index (χ2n) is 5.80. The molecule has 0 spiro atoms. The summed E-state index contributed by atoms with van der Waals surface area (Å²) >= 11 is 1.68. The van der Waals surface area contributed by atoms with Crippen LogP contribution in [0.2, 0.25) is 0 Å². The summed E-state index contributed by atoms with van der Waals surface area (Å²) in [4.78, 5) is 14.1. The normalized spacial score (nSPS) is 11.5. The largest absolute Gasteiger partial charge is 0.301 e. The van der Waals surface area contributed by atoms with Crippen LogP contribution >= 0.6 is 11.3 Å². The smallest absolute Gasteiger partial charge is 0.198 e. The van der Waals surface area contributed by atoms with Crippen LogP contribution in [-0.4, -0.2) is 4.57 Å². The van der Waals surface area contributed by atoms with E-state index in [0.29, 0.717) is 0 Å². The van der Waals surface area contributed by atoms with Gasteiger partial charge in [-0.2, -0.15) is 0 Å². The Labute approximate surface area is 142 Å². The van der Waals surface area contributed by atoms with E-state index in [9.17, 15) is 4.79 Å². The summed E-state index contributed by atoms with van der Waals surface area (Å²) in [5.41, 5.74) is 2.27. The molecular weight excluding hydrogens is 314 g/mol. The maximum absolute atomic E-state index is 13.1. The molecule has 3 heteroatoms. The molecule has 2 heterocycles. The van der Waals surface area contributed by atoms with Crippen molar-refractivity contribution in [3.05, 3.63) is 89.1 Å². The lowest BCUT2D eigenvalue weighted by Crippen LogP contribution is -2.00. The molecule has 0 aliphatic rings. The third-order valence-electron chi connectivity index (χ3n) is 4.41. The van der Waals surface area contributed by atoms with Gasteiger partial charge in [0.2, 0.25) is 0 Å². The van der Waals surface area contributed by atoms with E-state index in [4.69, 9.17) is 0 Å². The fraction of sp³-hybridized carbons (Fsp3) is 0. The zero-order valence-electron chi connectivity index (χ0n) is 12.8. The average Bonchev–Trinajstić information content (AvgIpc) is 2.97. The molecule has 0 N–H and O–H groups in total. The first-order valence-electron chi connectivity index (χ1n) is 7.85. The minimum Gasteiger partial charge on any atom is -0.301 e. The predicted molar refractivity (Wildman–Crippen MR) is 102 cm³/mol. The number of benzene rings is 3. The Kier molecular flexibility index (Phi) is 2.84. The highest BCUT2D eigenvalue weighted by Gasteiger charge is 2.16. The third-order valence-corrected chi connectivity index (χ3v) is 5.57. The number of nitrogens with zero attached hydrogens (tertiary/aromatic N) is 1. The maximum Gasteiger partial charge on any atom is 0.198 e. The van der Waals surface area contributed by atoms with E-state index in [1.165, 1.54) is 0 Å². The highest BCUT2D eigenvalue weighted by atomic mass is 32.1. The topological polar surface area (TPSA) is 22.0 Å². The van der Waals surface area contributed by atoms with Crippen LogP contribution in [0.25, 0.3) is 36.9 Å². The molecule has 0 amide bonds. The van der Waals surface area contributed by atoms with Crippen molar-refractivity contribution in [1.29, 1.82) is 0 Å². The summed E-state index contributed by atoms with van der Waals surface area (Å²) in [6.07, 6.45) is 0. The Morgan fingerprint density at radius 2 is 1.38 bits per heavy atom. The molecule has 2 nitrogen and oxygen atoms in total. The Hall–Kier alpha value is -2.91. The number of para-hydroxylation sites is 2. The third kappa shape index (κ3) is 1.79. The number of fused-ring (bicyclic) bond motifs is 4. The van der Waals surface area contributed by atoms with Crippen molar-refractivity contribution in [3.63, 3.8) is 0 Å². The predicted octanol–water partition coefficient (Wildman–Crippen LogP) is 5.36. The van der Waals surface area contributed by atoms with Crippen molar-refractivity contribution in [1.82, 2.24) is 4.57 Å². The molecule has 0 saturated heterocycles. The molecule has 5 rings (SSSR count). The van der Waals surface area contributed by atoms with Gasteiger partial charge < -0.3 is 4.57 Å². The maximum atomic E-state index is 13.1. The van der Waals surface area contributed by atoms with Gasteiger partial charge >= 0.3 is 0 Å². The highest BCUT2D eigenvalue weighted by molar-refractivity contribution is 7.24. The summed E-state index contributed by atoms with van der Waals surface area (Å²) < 4.78 is 3.22. The molecule has 0 unspecified atom stereocenters. The van der Waals surface area contributed by atoms with Crippen molar-refractivity contribution >= 4 is 42.5 Å². The van der Waals surface area contributed by atoms with Crippen molar-refractivity contribution in [3.8, 4) is 5.69 Å². The van der Waals surface area contributed by atoms with E-state index in [1.54, 1.807) is 11.3 Å². The molecule has 0 atom stereocenters. The van der Waals surface area contributed by atoms with E-state index >= 15 is 0 Å². The van der Waals surface area contributed by atoms with Gasteiger partial charge in [0.15, 0.2) is 5.43 Å². The number of hydrogen-bond acceptors (Lipinski definition) is 2. The van der Waals surface area contributed by atoms with Crippen LogP contribution in [0.3, 0.4) is 0 Å². The minimum atomic E-state index is 0.116. The molecule has 5 aromatic rings. The van der Waals surface area contributed by atoms with E-state index in [-0.39, 0.29) is 5.43 Å². The van der Waals surface area contributed by atoms with Gasteiger partial charge in [0.25, 0.3) is 0 Å². The lowest BCUT2D eigenvalue weighted by Gasteiger charge is -2.07. The first kappa shape index (κ1) is 13.5. The van der Waals surface area contributed by atoms with Gasteiger partial charge in [-0.05, 0) is 30.3 Å². The van der Waals surface area contributed by atoms with E-state index in [1.807, 2.05) is 60.7 Å². The van der Waals surface area contributed by atoms with Crippen LogP contribution in [0.4, 0.5) is 0 Å². The summed E-state index contributed by atoms with van der Waals surface area (Å²) in [6, 6.07) is 26.2. The highest BCUT2D eigenvalue weighted by Crippen LogP contribution is 2.34. The Morgan fingerprint density at radius 3 is 2.21 bits per heavy atom. The molecule has 0 fully saturated rings. The summed E-state index contributed by atoms with van der Waals surface area (Å²) in [5.74, 6) is 0. The molecular formula is C21H13NOS. The number of aromatic nitrogens is 1. The Morgan fingerprint density at radius 1 is 0.708 bits per heavy atom. The van der Waals surface area contributed by atoms with Gasteiger partial charge in [-0.1, -0.05) is 48.5 Å². The monoisotopic (exact) mass is 327 g/mol.